The van der Waals surface area contributed by atoms with E-state index in [-0.39, 0.29) is 5.91 Å². The van der Waals surface area contributed by atoms with Crippen LogP contribution in [0.15, 0.2) is 30.3 Å². The van der Waals surface area contributed by atoms with Crippen LogP contribution in [0, 0.1) is 12.8 Å². The van der Waals surface area contributed by atoms with Crippen molar-refractivity contribution < 1.29 is 4.79 Å². The van der Waals surface area contributed by atoms with Crippen LogP contribution >= 0.6 is 0 Å². The second-order valence-corrected chi connectivity index (χ2v) is 7.60. The molecule has 7 heteroatoms. The first-order chi connectivity index (χ1) is 13.2. The Morgan fingerprint density at radius 1 is 1.22 bits per heavy atom. The predicted octanol–water partition coefficient (Wildman–Crippen LogP) is 1.77. The van der Waals surface area contributed by atoms with Gasteiger partial charge in [0.15, 0.2) is 5.69 Å². The normalized spacial score (nSPS) is 20.8. The minimum Gasteiger partial charge on any atom is -0.371 e. The molecule has 2 aromatic rings. The average Bonchev–Trinajstić information content (AvgIpc) is 3.34. The Labute approximate surface area is 160 Å². The molecule has 144 valence electrons. The number of para-hydroxylation sites is 1. The highest BCUT2D eigenvalue weighted by Crippen LogP contribution is 2.23. The number of benzene rings is 1. The summed E-state index contributed by atoms with van der Waals surface area (Å²) in [5, 5.41) is 14.9. The fourth-order valence-electron chi connectivity index (χ4n) is 4.14. The summed E-state index contributed by atoms with van der Waals surface area (Å²) < 4.78 is 1.93. The minimum absolute atomic E-state index is 0.106. The Kier molecular flexibility index (Phi) is 5.38. The van der Waals surface area contributed by atoms with E-state index in [1.54, 1.807) is 0 Å². The summed E-state index contributed by atoms with van der Waals surface area (Å²) in [6.07, 6.45) is 3.15. The summed E-state index contributed by atoms with van der Waals surface area (Å²) in [5.41, 5.74) is 2.59. The molecule has 2 aliphatic heterocycles. The SMILES string of the molecule is Cc1c(C(=O)NCC2CCN(c3ccccc3)C2)nnn1C1CCNCC1. The maximum atomic E-state index is 12.6. The molecule has 2 N–H and O–H groups in total. The van der Waals surface area contributed by atoms with Crippen LogP contribution < -0.4 is 15.5 Å². The molecule has 1 amide bonds. The molecule has 7 nitrogen and oxygen atoms in total. The molecule has 1 unspecified atom stereocenters. The van der Waals surface area contributed by atoms with Crippen molar-refractivity contribution in [1.82, 2.24) is 25.6 Å². The zero-order chi connectivity index (χ0) is 18.6. The average molecular weight is 368 g/mol. The maximum Gasteiger partial charge on any atom is 0.273 e. The van der Waals surface area contributed by atoms with E-state index in [1.807, 2.05) is 17.7 Å². The van der Waals surface area contributed by atoms with Crippen LogP contribution in [0.2, 0.25) is 0 Å². The van der Waals surface area contributed by atoms with Gasteiger partial charge >= 0.3 is 0 Å². The van der Waals surface area contributed by atoms with Gasteiger partial charge in [-0.25, -0.2) is 4.68 Å². The molecule has 27 heavy (non-hydrogen) atoms. The van der Waals surface area contributed by atoms with Crippen molar-refractivity contribution in [2.45, 2.75) is 32.2 Å². The fourth-order valence-corrected chi connectivity index (χ4v) is 4.14. The summed E-state index contributed by atoms with van der Waals surface area (Å²) in [6, 6.07) is 10.8. The van der Waals surface area contributed by atoms with Gasteiger partial charge in [-0.2, -0.15) is 0 Å². The van der Waals surface area contributed by atoms with Crippen LogP contribution in [0.4, 0.5) is 5.69 Å². The first kappa shape index (κ1) is 18.0. The Morgan fingerprint density at radius 3 is 2.78 bits per heavy atom. The number of nitrogens with one attached hydrogen (secondary N) is 2. The van der Waals surface area contributed by atoms with E-state index in [2.05, 4.69) is 50.1 Å². The highest BCUT2D eigenvalue weighted by molar-refractivity contribution is 5.93. The lowest BCUT2D eigenvalue weighted by Gasteiger charge is -2.23. The molecule has 4 rings (SSSR count). The largest absolute Gasteiger partial charge is 0.371 e. The van der Waals surface area contributed by atoms with Crippen LogP contribution in [0.3, 0.4) is 0 Å². The lowest BCUT2D eigenvalue weighted by Crippen LogP contribution is -2.32. The smallest absolute Gasteiger partial charge is 0.273 e. The van der Waals surface area contributed by atoms with Crippen LogP contribution in [0.1, 0.15) is 41.5 Å². The molecular weight excluding hydrogens is 340 g/mol. The lowest BCUT2D eigenvalue weighted by atomic mass is 10.1. The number of anilines is 1. The van der Waals surface area contributed by atoms with Gasteiger partial charge in [0, 0.05) is 25.3 Å². The molecule has 1 aromatic carbocycles. The second kappa shape index (κ2) is 8.08. The van der Waals surface area contributed by atoms with Crippen LogP contribution in [-0.4, -0.2) is 53.6 Å². The number of aromatic nitrogens is 3. The molecule has 1 atom stereocenters. The number of carbonyl (C=O) groups is 1. The molecular formula is C20H28N6O. The number of piperidine rings is 1. The zero-order valence-electron chi connectivity index (χ0n) is 15.9. The molecule has 0 saturated carbocycles. The van der Waals surface area contributed by atoms with Gasteiger partial charge in [-0.05, 0) is 57.3 Å². The molecule has 1 aromatic heterocycles. The Balaban J connectivity index is 1.32. The number of amides is 1. The van der Waals surface area contributed by atoms with Crippen molar-refractivity contribution in [2.75, 3.05) is 37.6 Å². The van der Waals surface area contributed by atoms with E-state index in [1.165, 1.54) is 5.69 Å². The summed E-state index contributed by atoms with van der Waals surface area (Å²) in [7, 11) is 0. The standard InChI is InChI=1S/C20H28N6O/c1-15-19(23-24-26(15)18-7-10-21-11-8-18)20(27)22-13-16-9-12-25(14-16)17-5-3-2-4-6-17/h2-6,16,18,21H,7-14H2,1H3,(H,22,27). The van der Waals surface area contributed by atoms with Gasteiger partial charge in [0.2, 0.25) is 0 Å². The Bertz CT molecular complexity index is 768. The molecule has 0 aliphatic carbocycles. The monoisotopic (exact) mass is 368 g/mol. The molecule has 3 heterocycles. The number of hydrogen-bond acceptors (Lipinski definition) is 5. The van der Waals surface area contributed by atoms with Gasteiger partial charge in [-0.3, -0.25) is 4.79 Å². The Hall–Kier alpha value is -2.41. The van der Waals surface area contributed by atoms with Gasteiger partial charge in [0.25, 0.3) is 5.91 Å². The molecule has 2 fully saturated rings. The third kappa shape index (κ3) is 3.98. The second-order valence-electron chi connectivity index (χ2n) is 7.60. The van der Waals surface area contributed by atoms with Crippen molar-refractivity contribution in [3.8, 4) is 0 Å². The molecule has 2 aliphatic rings. The van der Waals surface area contributed by atoms with Gasteiger partial charge in [-0.15, -0.1) is 5.10 Å². The van der Waals surface area contributed by atoms with Crippen molar-refractivity contribution in [1.29, 1.82) is 0 Å². The van der Waals surface area contributed by atoms with E-state index in [4.69, 9.17) is 0 Å². The zero-order valence-corrected chi connectivity index (χ0v) is 15.9. The maximum absolute atomic E-state index is 12.6. The first-order valence-electron chi connectivity index (χ1n) is 9.93. The van der Waals surface area contributed by atoms with E-state index < -0.39 is 0 Å². The molecule has 0 radical (unpaired) electrons. The third-order valence-corrected chi connectivity index (χ3v) is 5.76. The third-order valence-electron chi connectivity index (χ3n) is 5.76. The van der Waals surface area contributed by atoms with Gasteiger partial charge in [0.1, 0.15) is 0 Å². The molecule has 0 bridgehead atoms. The highest BCUT2D eigenvalue weighted by Gasteiger charge is 2.26. The number of carbonyl (C=O) groups excluding carboxylic acids is 1. The van der Waals surface area contributed by atoms with E-state index >= 15 is 0 Å². The van der Waals surface area contributed by atoms with Crippen LogP contribution in [0.5, 0.6) is 0 Å². The molecule has 0 spiro atoms. The van der Waals surface area contributed by atoms with E-state index in [9.17, 15) is 4.79 Å². The number of hydrogen-bond donors (Lipinski definition) is 2. The van der Waals surface area contributed by atoms with Crippen molar-refractivity contribution in [3.05, 3.63) is 41.7 Å². The van der Waals surface area contributed by atoms with Crippen LogP contribution in [0.25, 0.3) is 0 Å². The lowest BCUT2D eigenvalue weighted by molar-refractivity contribution is 0.0942. The molecule has 2 saturated heterocycles. The van der Waals surface area contributed by atoms with E-state index in [0.717, 1.165) is 51.1 Å². The predicted molar refractivity (Wildman–Crippen MR) is 105 cm³/mol. The van der Waals surface area contributed by atoms with Crippen molar-refractivity contribution in [2.24, 2.45) is 5.92 Å². The van der Waals surface area contributed by atoms with Crippen molar-refractivity contribution in [3.63, 3.8) is 0 Å². The number of nitrogens with zero attached hydrogens (tertiary/aromatic N) is 4. The van der Waals surface area contributed by atoms with E-state index in [0.29, 0.717) is 24.2 Å². The number of rotatable bonds is 5. The minimum atomic E-state index is -0.106. The summed E-state index contributed by atoms with van der Waals surface area (Å²) >= 11 is 0. The fraction of sp³-hybridized carbons (Fsp3) is 0.550. The Morgan fingerprint density at radius 2 is 2.00 bits per heavy atom. The highest BCUT2D eigenvalue weighted by atomic mass is 16.2. The first-order valence-corrected chi connectivity index (χ1v) is 9.93. The van der Waals surface area contributed by atoms with Crippen molar-refractivity contribution >= 4 is 11.6 Å². The topological polar surface area (TPSA) is 75.1 Å². The quantitative estimate of drug-likeness (QED) is 0.841. The van der Waals surface area contributed by atoms with Gasteiger partial charge in [0.05, 0.1) is 11.7 Å². The summed E-state index contributed by atoms with van der Waals surface area (Å²) in [4.78, 5) is 15.0. The summed E-state index contributed by atoms with van der Waals surface area (Å²) in [6.45, 7) is 6.63. The van der Waals surface area contributed by atoms with Gasteiger partial charge < -0.3 is 15.5 Å². The summed E-state index contributed by atoms with van der Waals surface area (Å²) in [5.74, 6) is 0.361. The van der Waals surface area contributed by atoms with Crippen LogP contribution in [-0.2, 0) is 0 Å². The van der Waals surface area contributed by atoms with Gasteiger partial charge in [-0.1, -0.05) is 23.4 Å².